The number of imidazole rings is 1. The average molecular weight is 386 g/mol. The molecule has 1 saturated carbocycles. The highest BCUT2D eigenvalue weighted by Crippen LogP contribution is 2.34. The summed E-state index contributed by atoms with van der Waals surface area (Å²) >= 11 is 0. The number of fused-ring (bicyclic) bond motifs is 1. The molecule has 0 bridgehead atoms. The van der Waals surface area contributed by atoms with Crippen LogP contribution in [0.25, 0.3) is 11.5 Å². The van der Waals surface area contributed by atoms with Crippen molar-refractivity contribution in [2.24, 2.45) is 5.92 Å². The first-order chi connectivity index (χ1) is 11.3. The maximum Gasteiger partial charge on any atom is 0.160 e. The number of halogens is 2. The summed E-state index contributed by atoms with van der Waals surface area (Å²) in [6.45, 7) is 5.34. The van der Waals surface area contributed by atoms with Gasteiger partial charge >= 0.3 is 0 Å². The Morgan fingerprint density at radius 1 is 1.16 bits per heavy atom. The van der Waals surface area contributed by atoms with Gasteiger partial charge in [-0.05, 0) is 44.7 Å². The molecule has 2 aromatic rings. The lowest BCUT2D eigenvalue weighted by molar-refractivity contribution is 0.265. The number of nitrogens with one attached hydrogen (secondary N) is 1. The van der Waals surface area contributed by atoms with E-state index in [1.807, 2.05) is 6.20 Å². The molecule has 2 aromatic heterocycles. The lowest BCUT2D eigenvalue weighted by Gasteiger charge is -2.29. The van der Waals surface area contributed by atoms with Crippen LogP contribution in [0.3, 0.4) is 0 Å². The monoisotopic (exact) mass is 385 g/mol. The molecular formula is C18H29Cl2N5. The standard InChI is InChI=1S/C18H27N5.2ClH/c1-14(15-6-3-2-4-7-15)22-11-9-20-18(22)17-12-16-13-19-8-5-10-23(16)21-17;;/h9,11-12,14-15,19H,2-8,10,13H2,1H3;2*1H/t14-;;/m0../s1. The fraction of sp³-hybridized carbons (Fsp3) is 0.667. The van der Waals surface area contributed by atoms with Crippen molar-refractivity contribution in [1.29, 1.82) is 0 Å². The Hall–Kier alpha value is -1.04. The van der Waals surface area contributed by atoms with E-state index in [1.54, 1.807) is 0 Å². The molecule has 0 unspecified atom stereocenters. The zero-order chi connectivity index (χ0) is 15.6. The molecule has 140 valence electrons. The van der Waals surface area contributed by atoms with Crippen molar-refractivity contribution < 1.29 is 0 Å². The van der Waals surface area contributed by atoms with Crippen LogP contribution < -0.4 is 5.32 Å². The van der Waals surface area contributed by atoms with E-state index >= 15 is 0 Å². The average Bonchev–Trinajstić information content (AvgIpc) is 3.17. The van der Waals surface area contributed by atoms with Crippen LogP contribution in [0, 0.1) is 5.92 Å². The first-order valence-corrected chi connectivity index (χ1v) is 9.13. The van der Waals surface area contributed by atoms with Gasteiger partial charge in [0.05, 0.1) is 5.69 Å². The molecule has 0 amide bonds. The molecule has 1 aliphatic heterocycles. The lowest BCUT2D eigenvalue weighted by Crippen LogP contribution is -2.19. The molecule has 2 aliphatic rings. The fourth-order valence-electron chi connectivity index (χ4n) is 4.15. The molecule has 0 aromatic carbocycles. The molecule has 3 heterocycles. The number of hydrogen-bond acceptors (Lipinski definition) is 3. The van der Waals surface area contributed by atoms with E-state index in [1.165, 1.54) is 37.8 Å². The molecule has 1 atom stereocenters. The van der Waals surface area contributed by atoms with Gasteiger partial charge in [0, 0.05) is 31.5 Å². The molecule has 25 heavy (non-hydrogen) atoms. The minimum atomic E-state index is 0. The first kappa shape index (κ1) is 20.3. The van der Waals surface area contributed by atoms with Crippen LogP contribution in [0.4, 0.5) is 0 Å². The number of nitrogens with zero attached hydrogens (tertiary/aromatic N) is 4. The summed E-state index contributed by atoms with van der Waals surface area (Å²) < 4.78 is 4.51. The van der Waals surface area contributed by atoms with Gasteiger partial charge in [0.15, 0.2) is 5.82 Å². The summed E-state index contributed by atoms with van der Waals surface area (Å²) in [5.74, 6) is 1.81. The largest absolute Gasteiger partial charge is 0.327 e. The Bertz CT molecular complexity index is 637. The third-order valence-corrected chi connectivity index (χ3v) is 5.56. The van der Waals surface area contributed by atoms with Gasteiger partial charge in [-0.3, -0.25) is 4.68 Å². The van der Waals surface area contributed by atoms with Gasteiger partial charge in [-0.15, -0.1) is 24.8 Å². The predicted octanol–water partition coefficient (Wildman–Crippen LogP) is 4.22. The van der Waals surface area contributed by atoms with Crippen molar-refractivity contribution in [2.45, 2.75) is 64.6 Å². The summed E-state index contributed by atoms with van der Waals surface area (Å²) in [4.78, 5) is 4.64. The Morgan fingerprint density at radius 2 is 1.96 bits per heavy atom. The van der Waals surface area contributed by atoms with Gasteiger partial charge in [0.1, 0.15) is 5.69 Å². The summed E-state index contributed by atoms with van der Waals surface area (Å²) in [6.07, 6.45) is 12.1. The molecule has 1 aliphatic carbocycles. The predicted molar refractivity (Wildman–Crippen MR) is 106 cm³/mol. The van der Waals surface area contributed by atoms with E-state index in [0.717, 1.165) is 43.5 Å². The smallest absolute Gasteiger partial charge is 0.160 e. The highest BCUT2D eigenvalue weighted by Gasteiger charge is 2.24. The minimum Gasteiger partial charge on any atom is -0.327 e. The van der Waals surface area contributed by atoms with Crippen LogP contribution in [0.15, 0.2) is 18.5 Å². The van der Waals surface area contributed by atoms with Crippen LogP contribution in [0.5, 0.6) is 0 Å². The summed E-state index contributed by atoms with van der Waals surface area (Å²) in [5, 5.41) is 8.30. The van der Waals surface area contributed by atoms with Gasteiger partial charge in [0.25, 0.3) is 0 Å². The quantitative estimate of drug-likeness (QED) is 0.859. The Balaban J connectivity index is 0.00000113. The van der Waals surface area contributed by atoms with Crippen molar-refractivity contribution in [3.63, 3.8) is 0 Å². The highest BCUT2D eigenvalue weighted by atomic mass is 35.5. The van der Waals surface area contributed by atoms with Gasteiger partial charge in [-0.2, -0.15) is 5.10 Å². The second-order valence-corrected chi connectivity index (χ2v) is 7.07. The number of aromatic nitrogens is 4. The van der Waals surface area contributed by atoms with Crippen LogP contribution in [-0.2, 0) is 13.1 Å². The van der Waals surface area contributed by atoms with Crippen molar-refractivity contribution in [3.8, 4) is 11.5 Å². The fourth-order valence-corrected chi connectivity index (χ4v) is 4.15. The highest BCUT2D eigenvalue weighted by molar-refractivity contribution is 5.85. The maximum atomic E-state index is 4.83. The van der Waals surface area contributed by atoms with E-state index in [-0.39, 0.29) is 24.8 Å². The van der Waals surface area contributed by atoms with Crippen molar-refractivity contribution in [3.05, 3.63) is 24.2 Å². The summed E-state index contributed by atoms with van der Waals surface area (Å²) in [6, 6.07) is 2.72. The second kappa shape index (κ2) is 9.06. The summed E-state index contributed by atoms with van der Waals surface area (Å²) in [7, 11) is 0. The molecule has 7 heteroatoms. The zero-order valence-corrected chi connectivity index (χ0v) is 16.5. The Labute approximate surface area is 162 Å². The van der Waals surface area contributed by atoms with Crippen LogP contribution >= 0.6 is 24.8 Å². The molecule has 0 saturated heterocycles. The van der Waals surface area contributed by atoms with Gasteiger partial charge < -0.3 is 9.88 Å². The molecule has 5 nitrogen and oxygen atoms in total. The third-order valence-electron chi connectivity index (χ3n) is 5.56. The third kappa shape index (κ3) is 4.21. The number of aryl methyl sites for hydroxylation is 1. The van der Waals surface area contributed by atoms with Crippen LogP contribution in [-0.4, -0.2) is 25.9 Å². The first-order valence-electron chi connectivity index (χ1n) is 9.13. The minimum absolute atomic E-state index is 0. The van der Waals surface area contributed by atoms with E-state index in [0.29, 0.717) is 6.04 Å². The Morgan fingerprint density at radius 3 is 2.76 bits per heavy atom. The zero-order valence-electron chi connectivity index (χ0n) is 14.9. The van der Waals surface area contributed by atoms with Gasteiger partial charge in [0.2, 0.25) is 0 Å². The normalized spacial score (nSPS) is 19.2. The number of rotatable bonds is 3. The van der Waals surface area contributed by atoms with Gasteiger partial charge in [-0.1, -0.05) is 19.3 Å². The molecule has 4 rings (SSSR count). The van der Waals surface area contributed by atoms with Crippen molar-refractivity contribution >= 4 is 24.8 Å². The molecule has 0 spiro atoms. The Kier molecular flexibility index (Phi) is 7.35. The van der Waals surface area contributed by atoms with E-state index in [2.05, 4.69) is 38.7 Å². The van der Waals surface area contributed by atoms with Crippen molar-refractivity contribution in [2.75, 3.05) is 6.54 Å². The van der Waals surface area contributed by atoms with Crippen LogP contribution in [0.2, 0.25) is 0 Å². The van der Waals surface area contributed by atoms with E-state index in [4.69, 9.17) is 5.10 Å². The van der Waals surface area contributed by atoms with E-state index in [9.17, 15) is 0 Å². The molecular weight excluding hydrogens is 357 g/mol. The maximum absolute atomic E-state index is 4.83. The van der Waals surface area contributed by atoms with Gasteiger partial charge in [-0.25, -0.2) is 4.98 Å². The number of hydrogen-bond donors (Lipinski definition) is 1. The van der Waals surface area contributed by atoms with Crippen LogP contribution in [0.1, 0.15) is 57.2 Å². The lowest BCUT2D eigenvalue weighted by atomic mass is 9.84. The molecule has 1 fully saturated rings. The molecule has 0 radical (unpaired) electrons. The second-order valence-electron chi connectivity index (χ2n) is 7.07. The van der Waals surface area contributed by atoms with Crippen molar-refractivity contribution in [1.82, 2.24) is 24.6 Å². The SMILES string of the molecule is C[C@@H](C1CCCCC1)n1ccnc1-c1cc2n(n1)CCCNC2.Cl.Cl. The van der Waals surface area contributed by atoms with E-state index < -0.39 is 0 Å². The topological polar surface area (TPSA) is 47.7 Å². The summed E-state index contributed by atoms with van der Waals surface area (Å²) in [5.41, 5.74) is 2.30. The molecule has 1 N–H and O–H groups in total.